The summed E-state index contributed by atoms with van der Waals surface area (Å²) < 4.78 is 5.17. The van der Waals surface area contributed by atoms with Crippen molar-refractivity contribution >= 4 is 0 Å². The number of hydrogen-bond acceptors (Lipinski definition) is 5. The van der Waals surface area contributed by atoms with Crippen molar-refractivity contribution in [2.75, 3.05) is 20.2 Å². The molecule has 0 fully saturated rings. The Morgan fingerprint density at radius 3 is 2.53 bits per heavy atom. The lowest BCUT2D eigenvalue weighted by molar-refractivity contribution is 0.165. The average molecular weight is 213 g/mol. The number of aromatic nitrogens is 2. The quantitative estimate of drug-likeness (QED) is 0.795. The Kier molecular flexibility index (Phi) is 4.23. The summed E-state index contributed by atoms with van der Waals surface area (Å²) in [7, 11) is 1.92. The van der Waals surface area contributed by atoms with Crippen LogP contribution in [-0.4, -0.2) is 40.3 Å². The minimum absolute atomic E-state index is 0.0390. The summed E-state index contributed by atoms with van der Waals surface area (Å²) in [5, 5.41) is 12.7. The molecule has 1 heterocycles. The topological polar surface area (TPSA) is 62.4 Å². The van der Waals surface area contributed by atoms with Crippen molar-refractivity contribution in [1.82, 2.24) is 15.0 Å². The van der Waals surface area contributed by atoms with Crippen LogP contribution in [-0.2, 0) is 0 Å². The maximum atomic E-state index is 8.82. The van der Waals surface area contributed by atoms with E-state index in [0.717, 1.165) is 5.82 Å². The lowest BCUT2D eigenvalue weighted by Gasteiger charge is -2.19. The van der Waals surface area contributed by atoms with Crippen molar-refractivity contribution in [1.29, 1.82) is 0 Å². The van der Waals surface area contributed by atoms with Gasteiger partial charge in [0.15, 0.2) is 5.82 Å². The van der Waals surface area contributed by atoms with Gasteiger partial charge in [-0.2, -0.15) is 4.98 Å². The van der Waals surface area contributed by atoms with Crippen LogP contribution in [0, 0.1) is 0 Å². The number of likely N-dealkylation sites (N-methyl/N-ethyl adjacent to an activating group) is 1. The molecule has 0 aliphatic carbocycles. The summed E-state index contributed by atoms with van der Waals surface area (Å²) in [6.45, 7) is 6.76. The fourth-order valence-electron chi connectivity index (χ4n) is 1.19. The highest BCUT2D eigenvalue weighted by Crippen LogP contribution is 2.18. The molecule has 0 aromatic carbocycles. The van der Waals surface area contributed by atoms with Crippen molar-refractivity contribution in [3.8, 4) is 0 Å². The molecule has 5 heteroatoms. The van der Waals surface area contributed by atoms with Crippen LogP contribution in [0.5, 0.6) is 0 Å². The Bertz CT molecular complexity index is 299. The summed E-state index contributed by atoms with van der Waals surface area (Å²) in [5.41, 5.74) is 0. The SMILES string of the molecule is CC(C)c1noc(C(C)N(C)CCO)n1. The molecule has 0 aliphatic rings. The number of aliphatic hydroxyl groups excluding tert-OH is 1. The van der Waals surface area contributed by atoms with Gasteiger partial charge in [-0.15, -0.1) is 0 Å². The lowest BCUT2D eigenvalue weighted by Crippen LogP contribution is -2.25. The molecule has 0 saturated carbocycles. The summed E-state index contributed by atoms with van der Waals surface area (Å²) in [6.07, 6.45) is 0. The Balaban J connectivity index is 2.69. The molecule has 0 amide bonds. The highest BCUT2D eigenvalue weighted by molar-refractivity contribution is 4.95. The second-order valence-electron chi connectivity index (χ2n) is 4.03. The van der Waals surface area contributed by atoms with Crippen molar-refractivity contribution < 1.29 is 9.63 Å². The van der Waals surface area contributed by atoms with Gasteiger partial charge in [0, 0.05) is 12.5 Å². The molecule has 0 saturated heterocycles. The molecule has 0 aliphatic heterocycles. The summed E-state index contributed by atoms with van der Waals surface area (Å²) in [6, 6.07) is 0.0390. The zero-order valence-corrected chi connectivity index (χ0v) is 9.77. The molecule has 0 bridgehead atoms. The number of hydrogen-bond donors (Lipinski definition) is 1. The zero-order chi connectivity index (χ0) is 11.4. The van der Waals surface area contributed by atoms with Crippen molar-refractivity contribution in [3.63, 3.8) is 0 Å². The first-order valence-electron chi connectivity index (χ1n) is 5.20. The molecule has 0 spiro atoms. The molecule has 1 unspecified atom stereocenters. The zero-order valence-electron chi connectivity index (χ0n) is 9.77. The lowest BCUT2D eigenvalue weighted by atomic mass is 10.2. The molecule has 1 aromatic rings. The molecule has 0 radical (unpaired) electrons. The third-order valence-corrected chi connectivity index (χ3v) is 2.45. The first-order chi connectivity index (χ1) is 7.06. The summed E-state index contributed by atoms with van der Waals surface area (Å²) in [4.78, 5) is 6.28. The van der Waals surface area contributed by atoms with Crippen LogP contribution in [0.4, 0.5) is 0 Å². The Labute approximate surface area is 90.1 Å². The van der Waals surface area contributed by atoms with Gasteiger partial charge in [0.1, 0.15) is 0 Å². The third-order valence-electron chi connectivity index (χ3n) is 2.45. The van der Waals surface area contributed by atoms with E-state index in [0.29, 0.717) is 12.4 Å². The van der Waals surface area contributed by atoms with E-state index in [4.69, 9.17) is 9.63 Å². The van der Waals surface area contributed by atoms with Crippen molar-refractivity contribution in [3.05, 3.63) is 11.7 Å². The fraction of sp³-hybridized carbons (Fsp3) is 0.800. The van der Waals surface area contributed by atoms with Gasteiger partial charge >= 0.3 is 0 Å². The first kappa shape index (κ1) is 12.1. The van der Waals surface area contributed by atoms with Gasteiger partial charge in [0.05, 0.1) is 12.6 Å². The van der Waals surface area contributed by atoms with Crippen molar-refractivity contribution in [2.24, 2.45) is 0 Å². The largest absolute Gasteiger partial charge is 0.395 e. The standard InChI is InChI=1S/C10H19N3O2/c1-7(2)9-11-10(15-12-9)8(3)13(4)5-6-14/h7-8,14H,5-6H2,1-4H3. The van der Waals surface area contributed by atoms with Crippen LogP contribution in [0.25, 0.3) is 0 Å². The molecule has 5 nitrogen and oxygen atoms in total. The van der Waals surface area contributed by atoms with E-state index >= 15 is 0 Å². The smallest absolute Gasteiger partial charge is 0.243 e. The van der Waals surface area contributed by atoms with Crippen LogP contribution in [0.3, 0.4) is 0 Å². The Morgan fingerprint density at radius 1 is 1.40 bits per heavy atom. The number of rotatable bonds is 5. The molecular formula is C10H19N3O2. The highest BCUT2D eigenvalue weighted by Gasteiger charge is 2.19. The van der Waals surface area contributed by atoms with Crippen molar-refractivity contribution in [2.45, 2.75) is 32.7 Å². The van der Waals surface area contributed by atoms with E-state index in [1.165, 1.54) is 0 Å². The van der Waals surface area contributed by atoms with Crippen LogP contribution in [0.2, 0.25) is 0 Å². The van der Waals surface area contributed by atoms with E-state index < -0.39 is 0 Å². The predicted octanol–water partition coefficient (Wildman–Crippen LogP) is 1.18. The normalized spacial score (nSPS) is 13.8. The molecule has 1 N–H and O–H groups in total. The van der Waals surface area contributed by atoms with Crippen LogP contribution in [0.15, 0.2) is 4.52 Å². The molecule has 1 aromatic heterocycles. The van der Waals surface area contributed by atoms with Crippen LogP contribution in [0.1, 0.15) is 44.4 Å². The van der Waals surface area contributed by atoms with Crippen LogP contribution < -0.4 is 0 Å². The maximum absolute atomic E-state index is 8.82. The van der Waals surface area contributed by atoms with E-state index in [-0.39, 0.29) is 18.6 Å². The van der Waals surface area contributed by atoms with Gasteiger partial charge in [0.25, 0.3) is 0 Å². The van der Waals surface area contributed by atoms with Gasteiger partial charge in [0.2, 0.25) is 5.89 Å². The van der Waals surface area contributed by atoms with Gasteiger partial charge in [-0.3, -0.25) is 4.90 Å². The first-order valence-corrected chi connectivity index (χ1v) is 5.20. The molecule has 1 rings (SSSR count). The minimum atomic E-state index is 0.0390. The molecule has 1 atom stereocenters. The van der Waals surface area contributed by atoms with Gasteiger partial charge < -0.3 is 9.63 Å². The number of nitrogens with zero attached hydrogens (tertiary/aromatic N) is 3. The monoisotopic (exact) mass is 213 g/mol. The summed E-state index contributed by atoms with van der Waals surface area (Å²) >= 11 is 0. The maximum Gasteiger partial charge on any atom is 0.243 e. The second-order valence-corrected chi connectivity index (χ2v) is 4.03. The van der Waals surface area contributed by atoms with E-state index in [9.17, 15) is 0 Å². The molecule has 86 valence electrons. The Hall–Kier alpha value is -0.940. The summed E-state index contributed by atoms with van der Waals surface area (Å²) in [5.74, 6) is 1.61. The van der Waals surface area contributed by atoms with E-state index in [2.05, 4.69) is 10.1 Å². The third kappa shape index (κ3) is 3.00. The predicted molar refractivity (Wildman–Crippen MR) is 56.5 cm³/mol. The van der Waals surface area contributed by atoms with E-state index in [1.54, 1.807) is 0 Å². The number of aliphatic hydroxyl groups is 1. The average Bonchev–Trinajstić information content (AvgIpc) is 2.65. The minimum Gasteiger partial charge on any atom is -0.395 e. The second kappa shape index (κ2) is 5.23. The van der Waals surface area contributed by atoms with E-state index in [1.807, 2.05) is 32.7 Å². The fourth-order valence-corrected chi connectivity index (χ4v) is 1.19. The van der Waals surface area contributed by atoms with Gasteiger partial charge in [-0.25, -0.2) is 0 Å². The highest BCUT2D eigenvalue weighted by atomic mass is 16.5. The van der Waals surface area contributed by atoms with Crippen LogP contribution >= 0.6 is 0 Å². The van der Waals surface area contributed by atoms with Gasteiger partial charge in [-0.1, -0.05) is 19.0 Å². The van der Waals surface area contributed by atoms with Gasteiger partial charge in [-0.05, 0) is 14.0 Å². The Morgan fingerprint density at radius 2 is 2.07 bits per heavy atom. The molecule has 15 heavy (non-hydrogen) atoms. The molecular weight excluding hydrogens is 194 g/mol.